The van der Waals surface area contributed by atoms with E-state index in [9.17, 15) is 0 Å². The van der Waals surface area contributed by atoms with E-state index >= 15 is 0 Å². The first-order chi connectivity index (χ1) is 10.3. The molecule has 3 nitrogen and oxygen atoms in total. The lowest BCUT2D eigenvalue weighted by Gasteiger charge is -2.11. The van der Waals surface area contributed by atoms with Gasteiger partial charge in [0.1, 0.15) is 6.61 Å². The molecule has 0 aliphatic rings. The average Bonchev–Trinajstić information content (AvgIpc) is 2.98. The summed E-state index contributed by atoms with van der Waals surface area (Å²) in [5, 5.41) is 3.33. The summed E-state index contributed by atoms with van der Waals surface area (Å²) in [5.74, 6) is 1.61. The summed E-state index contributed by atoms with van der Waals surface area (Å²) >= 11 is 1.78. The number of hydrogen-bond donors (Lipinski definition) is 1. The van der Waals surface area contributed by atoms with E-state index in [2.05, 4.69) is 37.4 Å². The second-order valence-corrected chi connectivity index (χ2v) is 6.03. The molecule has 0 unspecified atom stereocenters. The zero-order valence-corrected chi connectivity index (χ0v) is 13.8. The quantitative estimate of drug-likeness (QED) is 0.799. The van der Waals surface area contributed by atoms with Gasteiger partial charge in [-0.15, -0.1) is 11.3 Å². The van der Waals surface area contributed by atoms with Crippen LogP contribution in [-0.4, -0.2) is 13.7 Å². The summed E-state index contributed by atoms with van der Waals surface area (Å²) in [6.07, 6.45) is 0.995. The van der Waals surface area contributed by atoms with Crippen molar-refractivity contribution in [3.8, 4) is 11.5 Å². The van der Waals surface area contributed by atoms with Crippen molar-refractivity contribution in [3.05, 3.63) is 45.6 Å². The summed E-state index contributed by atoms with van der Waals surface area (Å²) in [7, 11) is 1.68. The second kappa shape index (κ2) is 8.05. The van der Waals surface area contributed by atoms with Crippen molar-refractivity contribution in [1.82, 2.24) is 5.32 Å². The molecule has 21 heavy (non-hydrogen) atoms. The molecule has 0 bridgehead atoms. The molecule has 4 heteroatoms. The Morgan fingerprint density at radius 1 is 1.05 bits per heavy atom. The molecule has 1 aromatic carbocycles. The Labute approximate surface area is 130 Å². The predicted molar refractivity (Wildman–Crippen MR) is 88.4 cm³/mol. The fraction of sp³-hybridized carbons (Fsp3) is 0.412. The molecule has 0 spiro atoms. The van der Waals surface area contributed by atoms with E-state index in [-0.39, 0.29) is 0 Å². The summed E-state index contributed by atoms with van der Waals surface area (Å²) in [4.78, 5) is 2.56. The fourth-order valence-corrected chi connectivity index (χ4v) is 2.94. The van der Waals surface area contributed by atoms with Crippen LogP contribution >= 0.6 is 11.3 Å². The molecule has 0 saturated carbocycles. The number of hydrogen-bond acceptors (Lipinski definition) is 4. The lowest BCUT2D eigenvalue weighted by atomic mass is 10.1. The Balaban J connectivity index is 1.97. The number of nitrogens with one attached hydrogen (secondary N) is 1. The molecule has 1 heterocycles. The topological polar surface area (TPSA) is 30.5 Å². The van der Waals surface area contributed by atoms with Crippen LogP contribution in [0.5, 0.6) is 11.5 Å². The first kappa shape index (κ1) is 15.9. The van der Waals surface area contributed by atoms with Crippen molar-refractivity contribution >= 4 is 11.3 Å². The van der Waals surface area contributed by atoms with Gasteiger partial charge >= 0.3 is 0 Å². The van der Waals surface area contributed by atoms with Gasteiger partial charge in [-0.05, 0) is 42.8 Å². The first-order valence-corrected chi connectivity index (χ1v) is 8.16. The molecule has 0 amide bonds. The van der Waals surface area contributed by atoms with Gasteiger partial charge in [-0.2, -0.15) is 0 Å². The van der Waals surface area contributed by atoms with Gasteiger partial charge in [0.05, 0.1) is 7.11 Å². The summed E-state index contributed by atoms with van der Waals surface area (Å²) in [6.45, 7) is 6.75. The van der Waals surface area contributed by atoms with E-state index in [1.165, 1.54) is 15.3 Å². The highest BCUT2D eigenvalue weighted by Crippen LogP contribution is 2.29. The van der Waals surface area contributed by atoms with E-state index in [1.807, 2.05) is 12.1 Å². The summed E-state index contributed by atoms with van der Waals surface area (Å²) in [5.41, 5.74) is 1.25. The maximum absolute atomic E-state index is 5.90. The average molecular weight is 305 g/mol. The maximum atomic E-state index is 5.90. The van der Waals surface area contributed by atoms with Crippen LogP contribution in [0.15, 0.2) is 30.3 Å². The molecule has 0 aliphatic heterocycles. The maximum Gasteiger partial charge on any atom is 0.161 e. The number of thiophene rings is 1. The Morgan fingerprint density at radius 2 is 1.86 bits per heavy atom. The van der Waals surface area contributed by atoms with Crippen molar-refractivity contribution < 1.29 is 9.47 Å². The zero-order chi connectivity index (χ0) is 15.1. The van der Waals surface area contributed by atoms with Crippen molar-refractivity contribution in [2.24, 2.45) is 0 Å². The van der Waals surface area contributed by atoms with E-state index in [4.69, 9.17) is 9.47 Å². The van der Waals surface area contributed by atoms with Gasteiger partial charge in [0.15, 0.2) is 11.5 Å². The van der Waals surface area contributed by atoms with Crippen LogP contribution in [0.1, 0.15) is 29.2 Å². The van der Waals surface area contributed by atoms with Crippen LogP contribution in [-0.2, 0) is 19.6 Å². The van der Waals surface area contributed by atoms with Gasteiger partial charge in [-0.3, -0.25) is 0 Å². The highest BCUT2D eigenvalue weighted by atomic mass is 32.1. The van der Waals surface area contributed by atoms with Gasteiger partial charge in [0, 0.05) is 16.3 Å². The van der Waals surface area contributed by atoms with Crippen molar-refractivity contribution in [2.45, 2.75) is 33.4 Å². The fourth-order valence-electron chi connectivity index (χ4n) is 2.04. The van der Waals surface area contributed by atoms with Gasteiger partial charge in [-0.1, -0.05) is 19.9 Å². The Morgan fingerprint density at radius 3 is 2.57 bits per heavy atom. The van der Waals surface area contributed by atoms with E-state index in [0.29, 0.717) is 6.61 Å². The van der Waals surface area contributed by atoms with Gasteiger partial charge in [0.2, 0.25) is 0 Å². The van der Waals surface area contributed by atoms with Gasteiger partial charge < -0.3 is 14.8 Å². The number of benzene rings is 1. The normalized spacial score (nSPS) is 10.6. The number of rotatable bonds is 8. The highest BCUT2D eigenvalue weighted by molar-refractivity contribution is 7.11. The Hall–Kier alpha value is -1.52. The molecule has 0 saturated heterocycles. The van der Waals surface area contributed by atoms with E-state index < -0.39 is 0 Å². The number of aryl methyl sites for hydroxylation is 1. The van der Waals surface area contributed by atoms with Crippen LogP contribution in [0.2, 0.25) is 0 Å². The number of ether oxygens (including phenoxy) is 2. The minimum Gasteiger partial charge on any atom is -0.493 e. The molecule has 2 aromatic rings. The molecular formula is C17H23NO2S. The predicted octanol–water partition coefficient (Wildman–Crippen LogP) is 4.01. The van der Waals surface area contributed by atoms with E-state index in [0.717, 1.165) is 31.0 Å². The molecule has 0 aliphatic carbocycles. The van der Waals surface area contributed by atoms with Gasteiger partial charge in [-0.25, -0.2) is 0 Å². The zero-order valence-electron chi connectivity index (χ0n) is 12.9. The molecule has 0 atom stereocenters. The molecular weight excluding hydrogens is 282 g/mol. The third-order valence-corrected chi connectivity index (χ3v) is 4.33. The molecule has 0 fully saturated rings. The molecule has 114 valence electrons. The Bertz CT molecular complexity index is 566. The SMILES string of the molecule is CCNCc1ccc(COc2ccc(CC)cc2OC)s1. The van der Waals surface area contributed by atoms with Crippen LogP contribution < -0.4 is 14.8 Å². The second-order valence-electron chi connectivity index (χ2n) is 4.78. The van der Waals surface area contributed by atoms with Crippen LogP contribution in [0.3, 0.4) is 0 Å². The third-order valence-electron chi connectivity index (χ3n) is 3.27. The van der Waals surface area contributed by atoms with Crippen LogP contribution in [0, 0.1) is 0 Å². The smallest absolute Gasteiger partial charge is 0.161 e. The van der Waals surface area contributed by atoms with E-state index in [1.54, 1.807) is 18.4 Å². The highest BCUT2D eigenvalue weighted by Gasteiger charge is 2.07. The van der Waals surface area contributed by atoms with Crippen molar-refractivity contribution in [3.63, 3.8) is 0 Å². The largest absolute Gasteiger partial charge is 0.493 e. The van der Waals surface area contributed by atoms with Crippen molar-refractivity contribution in [1.29, 1.82) is 0 Å². The standard InChI is InChI=1S/C17H23NO2S/c1-4-13-6-9-16(17(10-13)19-3)20-12-15-8-7-14(21-15)11-18-5-2/h6-10,18H,4-5,11-12H2,1-3H3. The molecule has 1 aromatic heterocycles. The molecule has 0 radical (unpaired) electrons. The monoisotopic (exact) mass is 305 g/mol. The lowest BCUT2D eigenvalue weighted by molar-refractivity contribution is 0.287. The number of methoxy groups -OCH3 is 1. The summed E-state index contributed by atoms with van der Waals surface area (Å²) in [6, 6.07) is 10.4. The molecule has 2 rings (SSSR count). The van der Waals surface area contributed by atoms with Crippen LogP contribution in [0.25, 0.3) is 0 Å². The van der Waals surface area contributed by atoms with Crippen molar-refractivity contribution in [2.75, 3.05) is 13.7 Å². The minimum atomic E-state index is 0.582. The summed E-state index contributed by atoms with van der Waals surface area (Å²) < 4.78 is 11.3. The third kappa shape index (κ3) is 4.48. The Kier molecular flexibility index (Phi) is 6.08. The first-order valence-electron chi connectivity index (χ1n) is 7.34. The minimum absolute atomic E-state index is 0.582. The van der Waals surface area contributed by atoms with Gasteiger partial charge in [0.25, 0.3) is 0 Å². The molecule has 1 N–H and O–H groups in total. The van der Waals surface area contributed by atoms with Crippen LogP contribution in [0.4, 0.5) is 0 Å². The lowest BCUT2D eigenvalue weighted by Crippen LogP contribution is -2.10.